The number of carbonyl (C=O) groups excluding carboxylic acids is 2. The van der Waals surface area contributed by atoms with E-state index < -0.39 is 5.91 Å². The Hall–Kier alpha value is -2.62. The zero-order chi connectivity index (χ0) is 23.5. The van der Waals surface area contributed by atoms with E-state index in [4.69, 9.17) is 30.5 Å². The van der Waals surface area contributed by atoms with Gasteiger partial charge in [0.1, 0.15) is 6.61 Å². The van der Waals surface area contributed by atoms with Crippen LogP contribution in [0.15, 0.2) is 46.3 Å². The minimum Gasteiger partial charge on any atom is -0.490 e. The van der Waals surface area contributed by atoms with Crippen molar-refractivity contribution >= 4 is 56.5 Å². The van der Waals surface area contributed by atoms with E-state index >= 15 is 0 Å². The molecule has 0 atom stereocenters. The van der Waals surface area contributed by atoms with E-state index in [9.17, 15) is 9.59 Å². The fraction of sp³-hybridized carbons (Fsp3) is 0.217. The molecule has 1 saturated heterocycles. The highest BCUT2D eigenvalue weighted by Gasteiger charge is 2.36. The Morgan fingerprint density at radius 3 is 2.70 bits per heavy atom. The van der Waals surface area contributed by atoms with Gasteiger partial charge in [-0.25, -0.2) is 0 Å². The highest BCUT2D eigenvalue weighted by Crippen LogP contribution is 2.41. The summed E-state index contributed by atoms with van der Waals surface area (Å²) in [6.07, 6.45) is 3.29. The van der Waals surface area contributed by atoms with Gasteiger partial charge in [-0.15, -0.1) is 0 Å². The predicted octanol–water partition coefficient (Wildman–Crippen LogP) is 6.03. The zero-order valence-corrected chi connectivity index (χ0v) is 20.7. The summed E-state index contributed by atoms with van der Waals surface area (Å²) in [7, 11) is 0. The fourth-order valence-corrected chi connectivity index (χ4v) is 4.88. The molecule has 2 aliphatic rings. The summed E-state index contributed by atoms with van der Waals surface area (Å²) >= 11 is 10.7. The number of halogens is 2. The third-order valence-electron chi connectivity index (χ3n) is 4.72. The molecule has 172 valence electrons. The summed E-state index contributed by atoms with van der Waals surface area (Å²) in [5.41, 5.74) is 1.28. The maximum absolute atomic E-state index is 13.0. The number of thioether (sulfide) groups is 1. The number of amides is 2. The molecular formula is C23H19BrClNO6S. The van der Waals surface area contributed by atoms with Gasteiger partial charge in [-0.3, -0.25) is 14.5 Å². The topological polar surface area (TPSA) is 74.3 Å². The van der Waals surface area contributed by atoms with Crippen molar-refractivity contribution in [3.63, 3.8) is 0 Å². The molecule has 4 rings (SSSR count). The quantitative estimate of drug-likeness (QED) is 0.292. The van der Waals surface area contributed by atoms with Crippen molar-refractivity contribution in [1.29, 1.82) is 0 Å². The molecule has 0 bridgehead atoms. The molecule has 7 nitrogen and oxygen atoms in total. The van der Waals surface area contributed by atoms with Crippen LogP contribution < -0.4 is 18.9 Å². The number of nitrogens with zero attached hydrogens (tertiary/aromatic N) is 1. The summed E-state index contributed by atoms with van der Waals surface area (Å²) in [5, 5.41) is 0.0118. The molecule has 2 aromatic rings. The van der Waals surface area contributed by atoms with Gasteiger partial charge in [-0.05, 0) is 70.0 Å². The minimum absolute atomic E-state index is 0.0275. The number of imide groups is 1. The van der Waals surface area contributed by atoms with Crippen LogP contribution in [0, 0.1) is 0 Å². The average molecular weight is 553 g/mol. The van der Waals surface area contributed by atoms with Crippen molar-refractivity contribution in [2.75, 3.05) is 20.0 Å². The van der Waals surface area contributed by atoms with Gasteiger partial charge in [0.2, 0.25) is 6.79 Å². The van der Waals surface area contributed by atoms with Crippen LogP contribution >= 0.6 is 39.3 Å². The first-order valence-corrected chi connectivity index (χ1v) is 11.9. The van der Waals surface area contributed by atoms with Gasteiger partial charge in [0, 0.05) is 11.1 Å². The fourth-order valence-electron chi connectivity index (χ4n) is 3.25. The van der Waals surface area contributed by atoms with E-state index in [1.54, 1.807) is 36.4 Å². The number of ether oxygens (including phenoxy) is 4. The van der Waals surface area contributed by atoms with Gasteiger partial charge in [-0.2, -0.15) is 0 Å². The Morgan fingerprint density at radius 2 is 1.97 bits per heavy atom. The lowest BCUT2D eigenvalue weighted by atomic mass is 10.1. The van der Waals surface area contributed by atoms with E-state index in [0.717, 1.165) is 16.7 Å². The van der Waals surface area contributed by atoms with E-state index in [1.165, 1.54) is 0 Å². The van der Waals surface area contributed by atoms with Crippen LogP contribution in [0.5, 0.6) is 23.0 Å². The van der Waals surface area contributed by atoms with Crippen molar-refractivity contribution in [1.82, 2.24) is 4.90 Å². The van der Waals surface area contributed by atoms with Gasteiger partial charge < -0.3 is 18.9 Å². The highest BCUT2D eigenvalue weighted by molar-refractivity contribution is 9.10. The van der Waals surface area contributed by atoms with Crippen LogP contribution in [0.3, 0.4) is 0 Å². The summed E-state index contributed by atoms with van der Waals surface area (Å²) < 4.78 is 22.7. The molecule has 2 heterocycles. The molecule has 0 saturated carbocycles. The van der Waals surface area contributed by atoms with Gasteiger partial charge in [-0.1, -0.05) is 24.3 Å². The molecular weight excluding hydrogens is 534 g/mol. The van der Waals surface area contributed by atoms with Crippen molar-refractivity contribution in [3.05, 3.63) is 62.4 Å². The van der Waals surface area contributed by atoms with Gasteiger partial charge in [0.05, 0.1) is 22.5 Å². The van der Waals surface area contributed by atoms with Gasteiger partial charge >= 0.3 is 0 Å². The Kier molecular flexibility index (Phi) is 7.21. The van der Waals surface area contributed by atoms with Crippen LogP contribution in [0.25, 0.3) is 6.08 Å². The van der Waals surface area contributed by atoms with Crippen LogP contribution in [0.2, 0.25) is 5.02 Å². The lowest BCUT2D eigenvalue weighted by molar-refractivity contribution is -0.123. The maximum atomic E-state index is 13.0. The Labute approximate surface area is 208 Å². The lowest BCUT2D eigenvalue weighted by Crippen LogP contribution is -2.27. The number of hydrogen-bond acceptors (Lipinski definition) is 7. The van der Waals surface area contributed by atoms with Crippen molar-refractivity contribution in [2.45, 2.75) is 13.5 Å². The number of hydrogen-bond donors (Lipinski definition) is 0. The molecule has 0 N–H and O–H groups in total. The second-order valence-electron chi connectivity index (χ2n) is 6.93. The number of rotatable bonds is 8. The highest BCUT2D eigenvalue weighted by atomic mass is 79.9. The summed E-state index contributed by atoms with van der Waals surface area (Å²) in [5.74, 6) is 1.73. The minimum atomic E-state index is -0.403. The number of carbonyl (C=O) groups is 2. The average Bonchev–Trinajstić information content (AvgIpc) is 3.32. The monoisotopic (exact) mass is 551 g/mol. The van der Waals surface area contributed by atoms with E-state index in [1.807, 2.05) is 6.92 Å². The first-order chi connectivity index (χ1) is 15.9. The Balaban J connectivity index is 1.58. The molecule has 1 fully saturated rings. The third kappa shape index (κ3) is 5.00. The SMILES string of the molecule is C=CCOc1c(Br)cc(/C=C2/SC(=O)N(Cc3cc4c(cc3Cl)OCO4)C2=O)cc1OCC. The maximum Gasteiger partial charge on any atom is 0.293 e. The van der Waals surface area contributed by atoms with Crippen molar-refractivity contribution < 1.29 is 28.5 Å². The molecule has 0 unspecified atom stereocenters. The smallest absolute Gasteiger partial charge is 0.293 e. The van der Waals surface area contributed by atoms with Crippen molar-refractivity contribution in [3.8, 4) is 23.0 Å². The second-order valence-corrected chi connectivity index (χ2v) is 9.18. The Morgan fingerprint density at radius 1 is 1.21 bits per heavy atom. The van der Waals surface area contributed by atoms with Crippen LogP contribution in [-0.4, -0.2) is 36.1 Å². The summed E-state index contributed by atoms with van der Waals surface area (Å²) in [4.78, 5) is 27.1. The number of benzene rings is 2. The van der Waals surface area contributed by atoms with Gasteiger partial charge in [0.15, 0.2) is 23.0 Å². The van der Waals surface area contributed by atoms with Crippen LogP contribution in [0.4, 0.5) is 4.79 Å². The first kappa shape index (κ1) is 23.5. The predicted molar refractivity (Wildman–Crippen MR) is 130 cm³/mol. The molecule has 0 spiro atoms. The standard InChI is InChI=1S/C23H19BrClNO6S/c1-3-5-30-21-15(24)6-13(7-19(21)29-4-2)8-20-22(27)26(23(28)33-20)11-14-9-17-18(10-16(14)25)32-12-31-17/h3,6-10H,1,4-5,11-12H2,2H3/b20-8+. The number of fused-ring (bicyclic) bond motifs is 1. The van der Waals surface area contributed by atoms with E-state index in [-0.39, 0.29) is 18.6 Å². The summed E-state index contributed by atoms with van der Waals surface area (Å²) in [6.45, 7) is 6.41. The van der Waals surface area contributed by atoms with Gasteiger partial charge in [0.25, 0.3) is 11.1 Å². The first-order valence-electron chi connectivity index (χ1n) is 9.94. The van der Waals surface area contributed by atoms with Crippen LogP contribution in [-0.2, 0) is 11.3 Å². The molecule has 0 radical (unpaired) electrons. The molecule has 2 aliphatic heterocycles. The molecule has 2 aromatic carbocycles. The lowest BCUT2D eigenvalue weighted by Gasteiger charge is -2.14. The summed E-state index contributed by atoms with van der Waals surface area (Å²) in [6, 6.07) is 6.86. The normalized spacial score (nSPS) is 16.0. The second kappa shape index (κ2) is 10.1. The Bertz CT molecular complexity index is 1170. The van der Waals surface area contributed by atoms with Crippen LogP contribution in [0.1, 0.15) is 18.1 Å². The molecule has 10 heteroatoms. The zero-order valence-electron chi connectivity index (χ0n) is 17.6. The molecule has 33 heavy (non-hydrogen) atoms. The molecule has 0 aromatic heterocycles. The van der Waals surface area contributed by atoms with E-state index in [0.29, 0.717) is 61.7 Å². The van der Waals surface area contributed by atoms with E-state index in [2.05, 4.69) is 22.5 Å². The molecule has 0 aliphatic carbocycles. The van der Waals surface area contributed by atoms with Crippen molar-refractivity contribution in [2.24, 2.45) is 0 Å². The molecule has 2 amide bonds. The third-order valence-corrected chi connectivity index (χ3v) is 6.57. The largest absolute Gasteiger partial charge is 0.490 e.